The van der Waals surface area contributed by atoms with Gasteiger partial charge in [0.2, 0.25) is 5.76 Å². The normalized spacial score (nSPS) is 16.0. The van der Waals surface area contributed by atoms with E-state index in [-0.39, 0.29) is 17.1 Å². The van der Waals surface area contributed by atoms with Crippen LogP contribution in [0.1, 0.15) is 45.3 Å². The van der Waals surface area contributed by atoms with Crippen molar-refractivity contribution >= 4 is 16.9 Å². The minimum atomic E-state index is -0.660. The Morgan fingerprint density at radius 2 is 1.83 bits per heavy atom. The third-order valence-corrected chi connectivity index (χ3v) is 5.75. The number of hydrogen-bond donors (Lipinski definition) is 0. The van der Waals surface area contributed by atoms with E-state index in [0.29, 0.717) is 28.6 Å². The van der Waals surface area contributed by atoms with E-state index < -0.39 is 11.9 Å². The summed E-state index contributed by atoms with van der Waals surface area (Å²) in [6.07, 6.45) is 0.727. The van der Waals surface area contributed by atoms with Crippen LogP contribution in [0.4, 0.5) is 4.39 Å². The van der Waals surface area contributed by atoms with Crippen molar-refractivity contribution in [1.82, 2.24) is 9.80 Å². The number of hydrogen-bond acceptors (Lipinski definition) is 4. The van der Waals surface area contributed by atoms with Gasteiger partial charge in [-0.2, -0.15) is 0 Å². The molecule has 0 N–H and O–H groups in total. The average molecular weight is 408 g/mol. The van der Waals surface area contributed by atoms with Crippen molar-refractivity contribution in [3.8, 4) is 0 Å². The highest BCUT2D eigenvalue weighted by Gasteiger charge is 2.42. The standard InChI is InChI=1S/C24H25FN2O3/c1-14-11-18-19(12-15(14)2)30-23-20(22(18)28)21(16-7-5-8-17(25)13-16)27(24(23)29)10-6-9-26(3)4/h5,7-8,11-13,21H,6,9-10H2,1-4H3. The quantitative estimate of drug-likeness (QED) is 0.639. The smallest absolute Gasteiger partial charge is 0.290 e. The lowest BCUT2D eigenvalue weighted by atomic mass is 9.97. The number of aryl methyl sites for hydroxylation is 2. The first kappa shape index (κ1) is 20.3. The molecular weight excluding hydrogens is 383 g/mol. The summed E-state index contributed by atoms with van der Waals surface area (Å²) in [5.74, 6) is -0.664. The minimum Gasteiger partial charge on any atom is -0.450 e. The molecule has 2 heterocycles. The van der Waals surface area contributed by atoms with Crippen LogP contribution < -0.4 is 5.43 Å². The Bertz CT molecular complexity index is 1200. The number of carbonyl (C=O) groups excluding carboxylic acids is 1. The van der Waals surface area contributed by atoms with Crippen LogP contribution in [0.15, 0.2) is 45.6 Å². The van der Waals surface area contributed by atoms with Crippen LogP contribution in [-0.2, 0) is 0 Å². The van der Waals surface area contributed by atoms with E-state index in [4.69, 9.17) is 4.42 Å². The van der Waals surface area contributed by atoms with Gasteiger partial charge in [0.15, 0.2) is 5.43 Å². The van der Waals surface area contributed by atoms with E-state index in [0.717, 1.165) is 24.1 Å². The van der Waals surface area contributed by atoms with Crippen molar-refractivity contribution in [1.29, 1.82) is 0 Å². The summed E-state index contributed by atoms with van der Waals surface area (Å²) in [5.41, 5.74) is 3.01. The lowest BCUT2D eigenvalue weighted by molar-refractivity contribution is 0.0722. The molecule has 0 saturated heterocycles. The van der Waals surface area contributed by atoms with Crippen LogP contribution in [0, 0.1) is 19.7 Å². The molecule has 30 heavy (non-hydrogen) atoms. The number of benzene rings is 2. The molecule has 2 aromatic carbocycles. The molecule has 1 amide bonds. The van der Waals surface area contributed by atoms with Crippen LogP contribution in [0.5, 0.6) is 0 Å². The molecule has 1 aliphatic heterocycles. The summed E-state index contributed by atoms with van der Waals surface area (Å²) in [6, 6.07) is 9.03. The van der Waals surface area contributed by atoms with Crippen molar-refractivity contribution in [2.45, 2.75) is 26.3 Å². The Morgan fingerprint density at radius 3 is 2.53 bits per heavy atom. The fourth-order valence-corrected chi connectivity index (χ4v) is 4.09. The van der Waals surface area contributed by atoms with Crippen LogP contribution >= 0.6 is 0 Å². The zero-order valence-electron chi connectivity index (χ0n) is 17.7. The zero-order valence-corrected chi connectivity index (χ0v) is 17.7. The summed E-state index contributed by atoms with van der Waals surface area (Å²) < 4.78 is 20.0. The third kappa shape index (κ3) is 3.41. The highest BCUT2D eigenvalue weighted by atomic mass is 19.1. The van der Waals surface area contributed by atoms with Gasteiger partial charge in [-0.15, -0.1) is 0 Å². The monoisotopic (exact) mass is 408 g/mol. The van der Waals surface area contributed by atoms with Crippen molar-refractivity contribution in [2.75, 3.05) is 27.2 Å². The molecule has 5 nitrogen and oxygen atoms in total. The van der Waals surface area contributed by atoms with Gasteiger partial charge in [0.05, 0.1) is 17.0 Å². The summed E-state index contributed by atoms with van der Waals surface area (Å²) >= 11 is 0. The maximum atomic E-state index is 14.0. The first-order chi connectivity index (χ1) is 14.3. The molecule has 0 bridgehead atoms. The van der Waals surface area contributed by atoms with Gasteiger partial charge < -0.3 is 14.2 Å². The molecule has 1 unspecified atom stereocenters. The first-order valence-corrected chi connectivity index (χ1v) is 10.1. The molecule has 6 heteroatoms. The molecule has 1 aromatic heterocycles. The number of carbonyl (C=O) groups is 1. The highest BCUT2D eigenvalue weighted by Crippen LogP contribution is 2.38. The Labute approximate surface area is 174 Å². The van der Waals surface area contributed by atoms with Gasteiger partial charge >= 0.3 is 0 Å². The topological polar surface area (TPSA) is 53.8 Å². The number of halogens is 1. The highest BCUT2D eigenvalue weighted by molar-refractivity contribution is 5.99. The van der Waals surface area contributed by atoms with Gasteiger partial charge in [0.1, 0.15) is 11.4 Å². The van der Waals surface area contributed by atoms with E-state index in [9.17, 15) is 14.0 Å². The van der Waals surface area contributed by atoms with Crippen LogP contribution in [0.3, 0.4) is 0 Å². The van der Waals surface area contributed by atoms with Crippen molar-refractivity contribution in [3.05, 3.63) is 80.5 Å². The molecular formula is C24H25FN2O3. The van der Waals surface area contributed by atoms with E-state index in [1.807, 2.05) is 32.8 Å². The lowest BCUT2D eigenvalue weighted by Crippen LogP contribution is -2.32. The Morgan fingerprint density at radius 1 is 1.10 bits per heavy atom. The molecule has 0 aliphatic carbocycles. The maximum Gasteiger partial charge on any atom is 0.290 e. The second-order valence-corrected chi connectivity index (χ2v) is 8.22. The second kappa shape index (κ2) is 7.69. The average Bonchev–Trinajstić information content (AvgIpc) is 2.96. The van der Waals surface area contributed by atoms with Gasteiger partial charge in [-0.3, -0.25) is 9.59 Å². The Hall–Kier alpha value is -2.99. The van der Waals surface area contributed by atoms with Crippen LogP contribution in [-0.4, -0.2) is 42.9 Å². The number of rotatable bonds is 5. The van der Waals surface area contributed by atoms with Gasteiger partial charge in [-0.25, -0.2) is 4.39 Å². The summed E-state index contributed by atoms with van der Waals surface area (Å²) in [4.78, 5) is 30.4. The van der Waals surface area contributed by atoms with Gasteiger partial charge in [-0.1, -0.05) is 12.1 Å². The van der Waals surface area contributed by atoms with Crippen LogP contribution in [0.2, 0.25) is 0 Å². The summed E-state index contributed by atoms with van der Waals surface area (Å²) in [7, 11) is 3.93. The van der Waals surface area contributed by atoms with Crippen molar-refractivity contribution in [3.63, 3.8) is 0 Å². The predicted octanol–water partition coefficient (Wildman–Crippen LogP) is 4.05. The molecule has 0 radical (unpaired) electrons. The predicted molar refractivity (Wildman–Crippen MR) is 114 cm³/mol. The van der Waals surface area contributed by atoms with Gasteiger partial charge in [-0.05, 0) is 81.9 Å². The largest absolute Gasteiger partial charge is 0.450 e. The molecule has 0 fully saturated rings. The fourth-order valence-electron chi connectivity index (χ4n) is 4.09. The van der Waals surface area contributed by atoms with Crippen molar-refractivity contribution in [2.24, 2.45) is 0 Å². The molecule has 0 saturated carbocycles. The number of nitrogens with zero attached hydrogens (tertiary/aromatic N) is 2. The molecule has 1 aliphatic rings. The van der Waals surface area contributed by atoms with E-state index >= 15 is 0 Å². The van der Waals surface area contributed by atoms with Crippen molar-refractivity contribution < 1.29 is 13.6 Å². The number of fused-ring (bicyclic) bond motifs is 2. The van der Waals surface area contributed by atoms with Gasteiger partial charge in [0.25, 0.3) is 5.91 Å². The van der Waals surface area contributed by atoms with E-state index in [1.54, 1.807) is 29.2 Å². The minimum absolute atomic E-state index is 0.0647. The molecule has 1 atom stereocenters. The molecule has 0 spiro atoms. The maximum absolute atomic E-state index is 14.0. The van der Waals surface area contributed by atoms with E-state index in [1.165, 1.54) is 12.1 Å². The first-order valence-electron chi connectivity index (χ1n) is 10.1. The molecule has 4 rings (SSSR count). The summed E-state index contributed by atoms with van der Waals surface area (Å²) in [6.45, 7) is 5.10. The summed E-state index contributed by atoms with van der Waals surface area (Å²) in [5, 5.41) is 0.446. The van der Waals surface area contributed by atoms with E-state index in [2.05, 4.69) is 0 Å². The third-order valence-electron chi connectivity index (χ3n) is 5.75. The Balaban J connectivity index is 1.91. The zero-order chi connectivity index (χ0) is 21.6. The fraction of sp³-hybridized carbons (Fsp3) is 0.333. The van der Waals surface area contributed by atoms with Gasteiger partial charge in [0, 0.05) is 6.54 Å². The second-order valence-electron chi connectivity index (χ2n) is 8.22. The lowest BCUT2D eigenvalue weighted by Gasteiger charge is -2.25. The van der Waals surface area contributed by atoms with Crippen LogP contribution in [0.25, 0.3) is 11.0 Å². The SMILES string of the molecule is Cc1cc2oc3c(c(=O)c2cc1C)C(c1cccc(F)c1)N(CCCN(C)C)C3=O. The molecule has 3 aromatic rings. The Kier molecular flexibility index (Phi) is 5.20. The number of amides is 1. The molecule has 156 valence electrons.